The van der Waals surface area contributed by atoms with Gasteiger partial charge in [-0.1, -0.05) is 24.3 Å². The number of nitrogens with zero attached hydrogens (tertiary/aromatic N) is 2. The van der Waals surface area contributed by atoms with Crippen molar-refractivity contribution >= 4 is 5.91 Å². The van der Waals surface area contributed by atoms with E-state index in [1.54, 1.807) is 6.07 Å². The second-order valence-corrected chi connectivity index (χ2v) is 7.38. The van der Waals surface area contributed by atoms with E-state index in [0.717, 1.165) is 32.6 Å². The Morgan fingerprint density at radius 2 is 1.71 bits per heavy atom. The van der Waals surface area contributed by atoms with Crippen molar-refractivity contribution in [2.45, 2.75) is 32.9 Å². The van der Waals surface area contributed by atoms with Gasteiger partial charge in [-0.3, -0.25) is 9.69 Å². The average molecular weight is 380 g/mol. The van der Waals surface area contributed by atoms with Gasteiger partial charge >= 0.3 is 0 Å². The lowest BCUT2D eigenvalue weighted by Gasteiger charge is -2.47. The minimum Gasteiger partial charge on any atom is -0.490 e. The summed E-state index contributed by atoms with van der Waals surface area (Å²) in [7, 11) is 0. The predicted octanol–water partition coefficient (Wildman–Crippen LogP) is 3.37. The summed E-state index contributed by atoms with van der Waals surface area (Å²) < 4.78 is 11.3. The summed E-state index contributed by atoms with van der Waals surface area (Å²) in [6, 6.07) is 14.6. The van der Waals surface area contributed by atoms with E-state index in [1.807, 2.05) is 30.9 Å². The summed E-state index contributed by atoms with van der Waals surface area (Å²) in [5.74, 6) is 1.40. The van der Waals surface area contributed by atoms with Gasteiger partial charge in [0.2, 0.25) is 0 Å². The zero-order valence-electron chi connectivity index (χ0n) is 16.7. The number of fused-ring (bicyclic) bond motifs is 1. The molecule has 5 heteroatoms. The molecule has 1 saturated heterocycles. The van der Waals surface area contributed by atoms with Crippen LogP contribution in [0.2, 0.25) is 0 Å². The highest BCUT2D eigenvalue weighted by atomic mass is 16.5. The molecule has 0 atom stereocenters. The van der Waals surface area contributed by atoms with Crippen LogP contribution in [0.5, 0.6) is 11.5 Å². The number of rotatable bonds is 6. The number of ether oxygens (including phenoxy) is 2. The molecule has 5 nitrogen and oxygen atoms in total. The summed E-state index contributed by atoms with van der Waals surface area (Å²) in [6.45, 7) is 8.62. The highest BCUT2D eigenvalue weighted by molar-refractivity contribution is 5.95. The molecule has 1 amide bonds. The van der Waals surface area contributed by atoms with E-state index in [1.165, 1.54) is 11.1 Å². The molecule has 2 aliphatic rings. The Kier molecular flexibility index (Phi) is 5.53. The lowest BCUT2D eigenvalue weighted by molar-refractivity contribution is 0.0218. The van der Waals surface area contributed by atoms with E-state index in [9.17, 15) is 4.79 Å². The molecule has 2 aromatic carbocycles. The van der Waals surface area contributed by atoms with E-state index in [-0.39, 0.29) is 5.91 Å². The van der Waals surface area contributed by atoms with Crippen LogP contribution in [-0.2, 0) is 13.0 Å². The molecule has 0 radical (unpaired) electrons. The van der Waals surface area contributed by atoms with E-state index in [0.29, 0.717) is 36.3 Å². The average Bonchev–Trinajstić information content (AvgIpc) is 2.68. The molecule has 28 heavy (non-hydrogen) atoms. The second kappa shape index (κ2) is 8.23. The molecule has 2 heterocycles. The van der Waals surface area contributed by atoms with Crippen molar-refractivity contribution in [3.63, 3.8) is 0 Å². The third kappa shape index (κ3) is 3.72. The summed E-state index contributed by atoms with van der Waals surface area (Å²) in [4.78, 5) is 17.3. The van der Waals surface area contributed by atoms with Crippen LogP contribution in [0.15, 0.2) is 42.5 Å². The first-order chi connectivity index (χ1) is 13.7. The number of amides is 1. The van der Waals surface area contributed by atoms with Crippen LogP contribution in [0.4, 0.5) is 0 Å². The Bertz CT molecular complexity index is 845. The van der Waals surface area contributed by atoms with Crippen LogP contribution in [0.1, 0.15) is 35.3 Å². The molecule has 0 aliphatic carbocycles. The monoisotopic (exact) mass is 380 g/mol. The Labute approximate surface area is 166 Å². The van der Waals surface area contributed by atoms with Gasteiger partial charge in [0.15, 0.2) is 11.5 Å². The molecule has 0 saturated carbocycles. The predicted molar refractivity (Wildman–Crippen MR) is 109 cm³/mol. The molecule has 0 spiro atoms. The van der Waals surface area contributed by atoms with Gasteiger partial charge in [-0.2, -0.15) is 0 Å². The lowest BCUT2D eigenvalue weighted by Crippen LogP contribution is -2.61. The van der Waals surface area contributed by atoms with Crippen LogP contribution in [0, 0.1) is 0 Å². The molecule has 2 aromatic rings. The summed E-state index contributed by atoms with van der Waals surface area (Å²) >= 11 is 0. The number of hydrogen-bond acceptors (Lipinski definition) is 4. The van der Waals surface area contributed by atoms with Crippen molar-refractivity contribution < 1.29 is 14.3 Å². The van der Waals surface area contributed by atoms with Gasteiger partial charge in [0.05, 0.1) is 13.2 Å². The zero-order valence-corrected chi connectivity index (χ0v) is 16.7. The second-order valence-electron chi connectivity index (χ2n) is 7.38. The normalized spacial score (nSPS) is 17.0. The molecular weight excluding hydrogens is 352 g/mol. The number of hydrogen-bond donors (Lipinski definition) is 0. The molecule has 0 N–H and O–H groups in total. The van der Waals surface area contributed by atoms with E-state index >= 15 is 0 Å². The van der Waals surface area contributed by atoms with Crippen molar-refractivity contribution in [2.75, 3.05) is 32.8 Å². The summed E-state index contributed by atoms with van der Waals surface area (Å²) in [6.07, 6.45) is 1.09. The van der Waals surface area contributed by atoms with Gasteiger partial charge in [0.1, 0.15) is 0 Å². The maximum atomic E-state index is 12.9. The van der Waals surface area contributed by atoms with Crippen LogP contribution >= 0.6 is 0 Å². The minimum absolute atomic E-state index is 0.0673. The molecular formula is C23H28N2O3. The van der Waals surface area contributed by atoms with Gasteiger partial charge in [0, 0.05) is 37.8 Å². The fourth-order valence-corrected chi connectivity index (χ4v) is 4.05. The van der Waals surface area contributed by atoms with E-state index in [2.05, 4.69) is 29.2 Å². The Balaban J connectivity index is 1.38. The molecule has 2 aliphatic heterocycles. The number of carbonyl (C=O) groups is 1. The fraction of sp³-hybridized carbons (Fsp3) is 0.435. The quantitative estimate of drug-likeness (QED) is 0.771. The van der Waals surface area contributed by atoms with Crippen molar-refractivity contribution in [3.8, 4) is 11.5 Å². The maximum absolute atomic E-state index is 12.9. The number of carbonyl (C=O) groups excluding carboxylic acids is 1. The van der Waals surface area contributed by atoms with Crippen LogP contribution in [-0.4, -0.2) is 54.6 Å². The number of benzene rings is 2. The molecule has 4 rings (SSSR count). The minimum atomic E-state index is 0.0673. The lowest BCUT2D eigenvalue weighted by atomic mass is 9.96. The standard InChI is InChI=1S/C23H28N2O3/c1-3-27-21-10-9-18(13-22(21)28-4-2)23(26)25-15-20(16-25)24-12-11-17-7-5-6-8-19(17)14-24/h5-10,13,20H,3-4,11-12,14-16H2,1-2H3. The highest BCUT2D eigenvalue weighted by Gasteiger charge is 2.36. The maximum Gasteiger partial charge on any atom is 0.254 e. The summed E-state index contributed by atoms with van der Waals surface area (Å²) in [5, 5.41) is 0. The number of likely N-dealkylation sites (tertiary alicyclic amines) is 1. The van der Waals surface area contributed by atoms with Crippen LogP contribution in [0.3, 0.4) is 0 Å². The SMILES string of the molecule is CCOc1ccc(C(=O)N2CC(N3CCc4ccccc4C3)C2)cc1OCC. The molecule has 148 valence electrons. The first kappa shape index (κ1) is 18.8. The Morgan fingerprint density at radius 3 is 2.46 bits per heavy atom. The van der Waals surface area contributed by atoms with Crippen LogP contribution < -0.4 is 9.47 Å². The van der Waals surface area contributed by atoms with Gasteiger partial charge in [-0.15, -0.1) is 0 Å². The molecule has 0 bridgehead atoms. The van der Waals surface area contributed by atoms with Crippen LogP contribution in [0.25, 0.3) is 0 Å². The summed E-state index contributed by atoms with van der Waals surface area (Å²) in [5.41, 5.74) is 3.55. The first-order valence-electron chi connectivity index (χ1n) is 10.2. The smallest absolute Gasteiger partial charge is 0.254 e. The molecule has 0 aromatic heterocycles. The van der Waals surface area contributed by atoms with Crippen molar-refractivity contribution in [2.24, 2.45) is 0 Å². The van der Waals surface area contributed by atoms with Gasteiger partial charge < -0.3 is 14.4 Å². The highest BCUT2D eigenvalue weighted by Crippen LogP contribution is 2.30. The molecule has 1 fully saturated rings. The van der Waals surface area contributed by atoms with Crippen molar-refractivity contribution in [3.05, 3.63) is 59.2 Å². The van der Waals surface area contributed by atoms with Crippen molar-refractivity contribution in [1.82, 2.24) is 9.80 Å². The third-order valence-electron chi connectivity index (χ3n) is 5.62. The largest absolute Gasteiger partial charge is 0.490 e. The van der Waals surface area contributed by atoms with Gasteiger partial charge in [0.25, 0.3) is 5.91 Å². The van der Waals surface area contributed by atoms with E-state index < -0.39 is 0 Å². The van der Waals surface area contributed by atoms with Crippen molar-refractivity contribution in [1.29, 1.82) is 0 Å². The fourth-order valence-electron chi connectivity index (χ4n) is 4.05. The Morgan fingerprint density at radius 1 is 1.00 bits per heavy atom. The molecule has 0 unspecified atom stereocenters. The van der Waals surface area contributed by atoms with Gasteiger partial charge in [-0.25, -0.2) is 0 Å². The Hall–Kier alpha value is -2.53. The van der Waals surface area contributed by atoms with Gasteiger partial charge in [-0.05, 0) is 49.6 Å². The topological polar surface area (TPSA) is 42.0 Å². The zero-order chi connectivity index (χ0) is 19.5. The third-order valence-corrected chi connectivity index (χ3v) is 5.62. The van der Waals surface area contributed by atoms with E-state index in [4.69, 9.17) is 9.47 Å². The first-order valence-corrected chi connectivity index (χ1v) is 10.2.